The van der Waals surface area contributed by atoms with Crippen molar-refractivity contribution in [2.45, 2.75) is 18.8 Å². The molecule has 0 unspecified atom stereocenters. The largest absolute Gasteiger partial charge is 0.462 e. The summed E-state index contributed by atoms with van der Waals surface area (Å²) in [6, 6.07) is 2.24. The number of pyridine rings is 1. The van der Waals surface area contributed by atoms with Gasteiger partial charge in [-0.1, -0.05) is 0 Å². The van der Waals surface area contributed by atoms with Crippen LogP contribution >= 0.6 is 0 Å². The highest BCUT2D eigenvalue weighted by Crippen LogP contribution is 2.29. The second-order valence-electron chi connectivity index (χ2n) is 3.62. The summed E-state index contributed by atoms with van der Waals surface area (Å²) in [5.74, 6) is -3.30. The molecule has 0 saturated carbocycles. The number of carbonyl (C=O) groups excluding carboxylic acids is 2. The maximum Gasteiger partial charge on any atom is 0.448 e. The van der Waals surface area contributed by atoms with E-state index >= 15 is 0 Å². The summed E-state index contributed by atoms with van der Waals surface area (Å²) in [6.45, 7) is 0.877. The molecule has 0 aliphatic rings. The van der Waals surface area contributed by atoms with Crippen molar-refractivity contribution in [1.29, 1.82) is 0 Å². The lowest BCUT2D eigenvalue weighted by Gasteiger charge is -2.28. The van der Waals surface area contributed by atoms with Gasteiger partial charge >= 0.3 is 17.9 Å². The molecule has 0 saturated heterocycles. The minimum Gasteiger partial charge on any atom is -0.462 e. The van der Waals surface area contributed by atoms with E-state index in [1.54, 1.807) is 0 Å². The van der Waals surface area contributed by atoms with Crippen molar-refractivity contribution in [3.63, 3.8) is 0 Å². The fourth-order valence-corrected chi connectivity index (χ4v) is 1.21. The van der Waals surface area contributed by atoms with Crippen LogP contribution in [0, 0.1) is 0 Å². The lowest BCUT2D eigenvalue weighted by atomic mass is 10.1. The van der Waals surface area contributed by atoms with Gasteiger partial charge in [-0.15, -0.1) is 0 Å². The molecule has 1 amide bonds. The first-order valence-electron chi connectivity index (χ1n) is 5.41. The predicted molar refractivity (Wildman–Crippen MR) is 59.3 cm³/mol. The van der Waals surface area contributed by atoms with Crippen molar-refractivity contribution in [1.82, 2.24) is 10.3 Å². The van der Waals surface area contributed by atoms with Crippen LogP contribution in [-0.4, -0.2) is 40.5 Å². The van der Waals surface area contributed by atoms with Crippen LogP contribution in [0.25, 0.3) is 0 Å². The van der Waals surface area contributed by atoms with Gasteiger partial charge in [-0.3, -0.25) is 9.78 Å². The lowest BCUT2D eigenvalue weighted by Crippen LogP contribution is -2.64. The van der Waals surface area contributed by atoms with Crippen molar-refractivity contribution >= 4 is 11.9 Å². The Balaban J connectivity index is 3.03. The number of nitrogens with zero attached hydrogens (tertiary/aromatic N) is 1. The van der Waals surface area contributed by atoms with Gasteiger partial charge < -0.3 is 15.2 Å². The molecule has 0 aliphatic carbocycles. The molecule has 0 aromatic carbocycles. The Hall–Kier alpha value is -2.16. The van der Waals surface area contributed by atoms with Crippen LogP contribution in [0.4, 0.5) is 13.2 Å². The first-order valence-corrected chi connectivity index (χ1v) is 5.41. The third-order valence-electron chi connectivity index (χ3n) is 2.22. The number of hydrogen-bond acceptors (Lipinski definition) is 5. The van der Waals surface area contributed by atoms with E-state index in [0.717, 1.165) is 12.1 Å². The Labute approximate surface area is 111 Å². The van der Waals surface area contributed by atoms with Crippen LogP contribution in [0.1, 0.15) is 17.3 Å². The zero-order valence-electron chi connectivity index (χ0n) is 10.3. The van der Waals surface area contributed by atoms with Gasteiger partial charge in [0.25, 0.3) is 5.91 Å². The third kappa shape index (κ3) is 3.23. The van der Waals surface area contributed by atoms with Gasteiger partial charge in [0.2, 0.25) is 0 Å². The minimum atomic E-state index is -5.43. The number of esters is 1. The van der Waals surface area contributed by atoms with E-state index in [9.17, 15) is 27.9 Å². The summed E-state index contributed by atoms with van der Waals surface area (Å²) in [4.78, 5) is 26.4. The Kier molecular flexibility index (Phi) is 4.66. The number of hydrogen-bond donors (Lipinski definition) is 2. The van der Waals surface area contributed by atoms with E-state index in [0.29, 0.717) is 0 Å². The number of halogens is 3. The molecule has 0 radical (unpaired) electrons. The first-order chi connectivity index (χ1) is 9.22. The average molecular weight is 292 g/mol. The maximum atomic E-state index is 12.8. The Morgan fingerprint density at radius 2 is 1.90 bits per heavy atom. The normalized spacial score (nSPS) is 14.2. The van der Waals surface area contributed by atoms with Gasteiger partial charge in [-0.25, -0.2) is 4.79 Å². The van der Waals surface area contributed by atoms with Crippen LogP contribution < -0.4 is 5.32 Å². The third-order valence-corrected chi connectivity index (χ3v) is 2.22. The van der Waals surface area contributed by atoms with Gasteiger partial charge in [0.05, 0.1) is 6.61 Å². The highest BCUT2D eigenvalue weighted by Gasteiger charge is 2.62. The molecule has 1 heterocycles. The Morgan fingerprint density at radius 1 is 1.35 bits per heavy atom. The molecule has 1 atom stereocenters. The molecule has 0 bridgehead atoms. The second kappa shape index (κ2) is 5.87. The fraction of sp³-hybridized carbons (Fsp3) is 0.364. The fourth-order valence-electron chi connectivity index (χ4n) is 1.21. The van der Waals surface area contributed by atoms with Crippen LogP contribution in [0.5, 0.6) is 0 Å². The van der Waals surface area contributed by atoms with Gasteiger partial charge in [-0.2, -0.15) is 13.2 Å². The predicted octanol–water partition coefficient (Wildman–Crippen LogP) is 0.625. The molecule has 1 rings (SSSR count). The number of aliphatic hydroxyl groups is 1. The molecule has 1 aromatic rings. The highest BCUT2D eigenvalue weighted by atomic mass is 19.4. The molecule has 20 heavy (non-hydrogen) atoms. The molecule has 0 aliphatic heterocycles. The Morgan fingerprint density at radius 3 is 2.35 bits per heavy atom. The van der Waals surface area contributed by atoms with Crippen LogP contribution in [-0.2, 0) is 9.53 Å². The molecule has 9 heteroatoms. The zero-order valence-corrected chi connectivity index (χ0v) is 10.3. The number of carbonyl (C=O) groups is 2. The average Bonchev–Trinajstić information content (AvgIpc) is 2.38. The SMILES string of the molecule is CCOC(=O)[C@@](O)(NC(=O)c1ccncc1)C(F)(F)F. The van der Waals surface area contributed by atoms with Crippen molar-refractivity contribution in [2.75, 3.05) is 6.61 Å². The molecule has 1 aromatic heterocycles. The van der Waals surface area contributed by atoms with Gasteiger partial charge in [0, 0.05) is 18.0 Å². The summed E-state index contributed by atoms with van der Waals surface area (Å²) in [5, 5.41) is 10.7. The van der Waals surface area contributed by atoms with Crippen LogP contribution in [0.15, 0.2) is 24.5 Å². The molecule has 0 fully saturated rings. The molecule has 2 N–H and O–H groups in total. The van der Waals surface area contributed by atoms with Crippen molar-refractivity contribution in [3.8, 4) is 0 Å². The van der Waals surface area contributed by atoms with E-state index in [2.05, 4.69) is 9.72 Å². The standard InChI is InChI=1S/C11H11F3N2O4/c1-2-20-9(18)10(19,11(12,13)14)16-8(17)7-3-5-15-6-4-7/h3-6,19H,2H2,1H3,(H,16,17)/t10-/m0/s1. The summed E-state index contributed by atoms with van der Waals surface area (Å²) < 4.78 is 42.5. The second-order valence-corrected chi connectivity index (χ2v) is 3.62. The van der Waals surface area contributed by atoms with Gasteiger partial charge in [0.1, 0.15) is 0 Å². The van der Waals surface area contributed by atoms with E-state index < -0.39 is 23.8 Å². The number of rotatable bonds is 4. The van der Waals surface area contributed by atoms with E-state index in [1.807, 2.05) is 0 Å². The number of nitrogens with one attached hydrogen (secondary N) is 1. The molecular formula is C11H11F3N2O4. The topological polar surface area (TPSA) is 88.5 Å². The Bertz CT molecular complexity index is 492. The van der Waals surface area contributed by atoms with Gasteiger partial charge in [-0.05, 0) is 19.1 Å². The summed E-state index contributed by atoms with van der Waals surface area (Å²) >= 11 is 0. The monoisotopic (exact) mass is 292 g/mol. The van der Waals surface area contributed by atoms with Crippen molar-refractivity contribution < 1.29 is 32.6 Å². The summed E-state index contributed by atoms with van der Waals surface area (Å²) in [6.07, 6.45) is -3.08. The van der Waals surface area contributed by atoms with Crippen molar-refractivity contribution in [2.24, 2.45) is 0 Å². The molecule has 0 spiro atoms. The van der Waals surface area contributed by atoms with Crippen LogP contribution in [0.3, 0.4) is 0 Å². The number of amides is 1. The van der Waals surface area contributed by atoms with Gasteiger partial charge in [0.15, 0.2) is 0 Å². The molecule has 6 nitrogen and oxygen atoms in total. The highest BCUT2D eigenvalue weighted by molar-refractivity contribution is 5.97. The zero-order chi connectivity index (χ0) is 15.4. The van der Waals surface area contributed by atoms with Crippen LogP contribution in [0.2, 0.25) is 0 Å². The summed E-state index contributed by atoms with van der Waals surface area (Å²) in [7, 11) is 0. The quantitative estimate of drug-likeness (QED) is 0.627. The van der Waals surface area contributed by atoms with E-state index in [4.69, 9.17) is 0 Å². The molecular weight excluding hydrogens is 281 g/mol. The van der Waals surface area contributed by atoms with E-state index in [-0.39, 0.29) is 12.2 Å². The smallest absolute Gasteiger partial charge is 0.448 e. The first kappa shape index (κ1) is 15.9. The number of ether oxygens (including phenoxy) is 1. The number of alkyl halides is 3. The maximum absolute atomic E-state index is 12.8. The lowest BCUT2D eigenvalue weighted by molar-refractivity contribution is -0.269. The molecule has 110 valence electrons. The van der Waals surface area contributed by atoms with E-state index in [1.165, 1.54) is 24.6 Å². The minimum absolute atomic E-state index is 0.202. The number of aromatic nitrogens is 1. The van der Waals surface area contributed by atoms with Crippen molar-refractivity contribution in [3.05, 3.63) is 30.1 Å². The summed E-state index contributed by atoms with van der Waals surface area (Å²) in [5.41, 5.74) is -4.31.